The summed E-state index contributed by atoms with van der Waals surface area (Å²) in [6, 6.07) is 8.34. The summed E-state index contributed by atoms with van der Waals surface area (Å²) >= 11 is 1.44. The van der Waals surface area contributed by atoms with Gasteiger partial charge in [-0.15, -0.1) is 23.7 Å². The topological polar surface area (TPSA) is 68.0 Å². The van der Waals surface area contributed by atoms with Crippen LogP contribution in [-0.2, 0) is 11.2 Å². The van der Waals surface area contributed by atoms with E-state index in [-0.39, 0.29) is 18.3 Å². The summed E-state index contributed by atoms with van der Waals surface area (Å²) in [6.45, 7) is 2.66. The van der Waals surface area contributed by atoms with Crippen molar-refractivity contribution in [2.75, 3.05) is 11.9 Å². The molecule has 2 aromatic rings. The normalized spacial score (nSPS) is 10.0. The van der Waals surface area contributed by atoms with Crippen molar-refractivity contribution in [1.82, 2.24) is 4.98 Å². The molecule has 0 aliphatic rings. The largest absolute Gasteiger partial charge is 0.330 e. The first-order chi connectivity index (χ1) is 9.72. The lowest BCUT2D eigenvalue weighted by Crippen LogP contribution is -2.13. The van der Waals surface area contributed by atoms with E-state index < -0.39 is 0 Å². The summed E-state index contributed by atoms with van der Waals surface area (Å²) in [5.74, 6) is -0.0299. The highest BCUT2D eigenvalue weighted by Gasteiger charge is 2.07. The van der Waals surface area contributed by atoms with E-state index in [0.29, 0.717) is 24.5 Å². The first kappa shape index (κ1) is 17.6. The van der Waals surface area contributed by atoms with Crippen LogP contribution in [0.5, 0.6) is 0 Å². The Hall–Kier alpha value is -1.43. The molecule has 0 aliphatic carbocycles. The molecule has 21 heavy (non-hydrogen) atoms. The van der Waals surface area contributed by atoms with Gasteiger partial charge in [0.25, 0.3) is 0 Å². The highest BCUT2D eigenvalue weighted by atomic mass is 35.5. The van der Waals surface area contributed by atoms with Crippen LogP contribution in [0.4, 0.5) is 5.13 Å². The van der Waals surface area contributed by atoms with Gasteiger partial charge in [0.1, 0.15) is 0 Å². The summed E-state index contributed by atoms with van der Waals surface area (Å²) in [5.41, 5.74) is 8.65. The number of aromatic nitrogens is 1. The van der Waals surface area contributed by atoms with Crippen LogP contribution < -0.4 is 11.1 Å². The molecular weight excluding hydrogens is 306 g/mol. The van der Waals surface area contributed by atoms with Gasteiger partial charge in [0.15, 0.2) is 5.13 Å². The third-order valence-electron chi connectivity index (χ3n) is 3.02. The van der Waals surface area contributed by atoms with Gasteiger partial charge in [-0.05, 0) is 24.9 Å². The SMILES string of the molecule is CCc1ccc(-c2csc(NC(=O)CCCN)n2)cc1.Cl. The number of benzene rings is 1. The average molecular weight is 326 g/mol. The van der Waals surface area contributed by atoms with Crippen molar-refractivity contribution in [3.8, 4) is 11.3 Å². The Labute approximate surface area is 135 Å². The number of nitrogens with two attached hydrogens (primary N) is 1. The molecule has 0 fully saturated rings. The first-order valence-electron chi connectivity index (χ1n) is 6.77. The molecule has 0 unspecified atom stereocenters. The molecule has 3 N–H and O–H groups in total. The van der Waals surface area contributed by atoms with Crippen LogP contribution in [0, 0.1) is 0 Å². The second-order valence-corrected chi connectivity index (χ2v) is 5.39. The van der Waals surface area contributed by atoms with Crippen LogP contribution in [-0.4, -0.2) is 17.4 Å². The quantitative estimate of drug-likeness (QED) is 0.854. The number of nitrogens with zero attached hydrogens (tertiary/aromatic N) is 1. The molecular formula is C15H20ClN3OS. The number of halogens is 1. The van der Waals surface area contributed by atoms with E-state index in [2.05, 4.69) is 41.5 Å². The molecule has 4 nitrogen and oxygen atoms in total. The van der Waals surface area contributed by atoms with Gasteiger partial charge >= 0.3 is 0 Å². The van der Waals surface area contributed by atoms with Gasteiger partial charge in [-0.3, -0.25) is 4.79 Å². The Kier molecular flexibility index (Phi) is 7.36. The number of anilines is 1. The average Bonchev–Trinajstić information content (AvgIpc) is 2.93. The number of aryl methyl sites for hydroxylation is 1. The maximum atomic E-state index is 11.6. The van der Waals surface area contributed by atoms with Gasteiger partial charge in [-0.1, -0.05) is 31.2 Å². The van der Waals surface area contributed by atoms with Crippen molar-refractivity contribution in [3.05, 3.63) is 35.2 Å². The lowest BCUT2D eigenvalue weighted by atomic mass is 10.1. The fraction of sp³-hybridized carbons (Fsp3) is 0.333. The number of carbonyl (C=O) groups excluding carboxylic acids is 1. The Balaban J connectivity index is 0.00000220. The molecule has 1 heterocycles. The first-order valence-corrected chi connectivity index (χ1v) is 7.65. The van der Waals surface area contributed by atoms with Gasteiger partial charge < -0.3 is 11.1 Å². The van der Waals surface area contributed by atoms with E-state index in [1.807, 2.05) is 5.38 Å². The van der Waals surface area contributed by atoms with Gasteiger partial charge in [0, 0.05) is 17.4 Å². The summed E-state index contributed by atoms with van der Waals surface area (Å²) < 4.78 is 0. The number of thiazole rings is 1. The van der Waals surface area contributed by atoms with E-state index in [0.717, 1.165) is 17.7 Å². The maximum absolute atomic E-state index is 11.6. The molecule has 0 aliphatic heterocycles. The molecule has 0 saturated carbocycles. The van der Waals surface area contributed by atoms with Gasteiger partial charge in [-0.2, -0.15) is 0 Å². The van der Waals surface area contributed by atoms with E-state index in [9.17, 15) is 4.79 Å². The Morgan fingerprint density at radius 3 is 2.67 bits per heavy atom. The van der Waals surface area contributed by atoms with Crippen molar-refractivity contribution in [2.45, 2.75) is 26.2 Å². The monoisotopic (exact) mass is 325 g/mol. The summed E-state index contributed by atoms with van der Waals surface area (Å²) in [7, 11) is 0. The van der Waals surface area contributed by atoms with E-state index in [1.54, 1.807) is 0 Å². The Morgan fingerprint density at radius 1 is 1.33 bits per heavy atom. The highest BCUT2D eigenvalue weighted by Crippen LogP contribution is 2.25. The number of carbonyl (C=O) groups is 1. The molecule has 6 heteroatoms. The van der Waals surface area contributed by atoms with E-state index in [1.165, 1.54) is 16.9 Å². The van der Waals surface area contributed by atoms with Crippen LogP contribution in [0.25, 0.3) is 11.3 Å². The minimum Gasteiger partial charge on any atom is -0.330 e. The summed E-state index contributed by atoms with van der Waals surface area (Å²) in [5, 5.41) is 5.40. The molecule has 0 spiro atoms. The van der Waals surface area contributed by atoms with Crippen molar-refractivity contribution >= 4 is 34.8 Å². The number of hydrogen-bond donors (Lipinski definition) is 2. The molecule has 0 bridgehead atoms. The summed E-state index contributed by atoms with van der Waals surface area (Å²) in [4.78, 5) is 16.0. The van der Waals surface area contributed by atoms with Crippen molar-refractivity contribution in [1.29, 1.82) is 0 Å². The molecule has 1 aromatic carbocycles. The number of amides is 1. The molecule has 114 valence electrons. The van der Waals surface area contributed by atoms with Crippen LogP contribution in [0.3, 0.4) is 0 Å². The van der Waals surface area contributed by atoms with E-state index >= 15 is 0 Å². The zero-order chi connectivity index (χ0) is 14.4. The number of rotatable bonds is 6. The Bertz CT molecular complexity index is 569. The van der Waals surface area contributed by atoms with Crippen LogP contribution in [0.2, 0.25) is 0 Å². The maximum Gasteiger partial charge on any atom is 0.226 e. The van der Waals surface area contributed by atoms with Crippen molar-refractivity contribution in [3.63, 3.8) is 0 Å². The predicted octanol–water partition coefficient (Wildman–Crippen LogP) is 3.47. The molecule has 1 amide bonds. The van der Waals surface area contributed by atoms with Crippen molar-refractivity contribution < 1.29 is 4.79 Å². The van der Waals surface area contributed by atoms with Gasteiger partial charge in [0.05, 0.1) is 5.69 Å². The molecule has 1 aromatic heterocycles. The zero-order valence-electron chi connectivity index (χ0n) is 12.0. The van der Waals surface area contributed by atoms with Gasteiger partial charge in [-0.25, -0.2) is 4.98 Å². The lowest BCUT2D eigenvalue weighted by molar-refractivity contribution is -0.116. The van der Waals surface area contributed by atoms with Crippen LogP contribution in [0.15, 0.2) is 29.6 Å². The van der Waals surface area contributed by atoms with E-state index in [4.69, 9.17) is 5.73 Å². The lowest BCUT2D eigenvalue weighted by Gasteiger charge is -2.01. The molecule has 0 atom stereocenters. The van der Waals surface area contributed by atoms with Crippen LogP contribution in [0.1, 0.15) is 25.3 Å². The third kappa shape index (κ3) is 5.12. The van der Waals surface area contributed by atoms with Crippen LogP contribution >= 0.6 is 23.7 Å². The van der Waals surface area contributed by atoms with Crippen molar-refractivity contribution in [2.24, 2.45) is 5.73 Å². The minimum atomic E-state index is -0.0299. The number of nitrogens with one attached hydrogen (secondary N) is 1. The fourth-order valence-corrected chi connectivity index (χ4v) is 2.56. The second kappa shape index (κ2) is 8.77. The highest BCUT2D eigenvalue weighted by molar-refractivity contribution is 7.14. The standard InChI is InChI=1S/C15H19N3OS.ClH/c1-2-11-5-7-12(8-6-11)13-10-20-15(17-13)18-14(19)4-3-9-16;/h5-8,10H,2-4,9,16H2,1H3,(H,17,18,19);1H. The molecule has 2 rings (SSSR count). The molecule has 0 saturated heterocycles. The summed E-state index contributed by atoms with van der Waals surface area (Å²) in [6.07, 6.45) is 2.17. The predicted molar refractivity (Wildman–Crippen MR) is 91.1 cm³/mol. The smallest absolute Gasteiger partial charge is 0.226 e. The fourth-order valence-electron chi connectivity index (χ4n) is 1.82. The molecule has 0 radical (unpaired) electrons. The number of hydrogen-bond acceptors (Lipinski definition) is 4. The zero-order valence-corrected chi connectivity index (χ0v) is 13.6. The van der Waals surface area contributed by atoms with Gasteiger partial charge in [0.2, 0.25) is 5.91 Å². The third-order valence-corrected chi connectivity index (χ3v) is 3.77. The second-order valence-electron chi connectivity index (χ2n) is 4.53. The Morgan fingerprint density at radius 2 is 2.05 bits per heavy atom. The minimum absolute atomic E-state index is 0.